The number of rotatable bonds is 2. The number of aromatic nitrogens is 3. The molecule has 0 radical (unpaired) electrons. The Morgan fingerprint density at radius 2 is 2.16 bits per heavy atom. The number of hydrogen-bond acceptors (Lipinski definition) is 3. The van der Waals surface area contributed by atoms with Crippen LogP contribution in [0.25, 0.3) is 16.7 Å². The number of benzene rings is 1. The van der Waals surface area contributed by atoms with Gasteiger partial charge in [-0.15, -0.1) is 0 Å². The monoisotopic (exact) mass is 271 g/mol. The minimum Gasteiger partial charge on any atom is -0.495 e. The first-order valence-corrected chi connectivity index (χ1v) is 6.31. The third kappa shape index (κ3) is 1.92. The molecule has 0 spiro atoms. The molecule has 1 N–H and O–H groups in total. The van der Waals surface area contributed by atoms with Crippen molar-refractivity contribution in [2.75, 3.05) is 7.11 Å². The van der Waals surface area contributed by atoms with E-state index >= 15 is 0 Å². The van der Waals surface area contributed by atoms with Crippen LogP contribution in [0.15, 0.2) is 36.7 Å². The Bertz CT molecular complexity index is 804. The van der Waals surface area contributed by atoms with Gasteiger partial charge in [-0.1, -0.05) is 6.07 Å². The molecule has 3 rings (SSSR count). The number of imidazole rings is 1. The molecule has 0 aliphatic heterocycles. The maximum absolute atomic E-state index is 5.43. The second-order valence-corrected chi connectivity index (χ2v) is 4.72. The van der Waals surface area contributed by atoms with Crippen LogP contribution in [0, 0.1) is 11.7 Å². The molecule has 0 fully saturated rings. The zero-order chi connectivity index (χ0) is 13.4. The van der Waals surface area contributed by atoms with Gasteiger partial charge in [0.05, 0.1) is 30.0 Å². The molecular weight excluding hydrogens is 258 g/mol. The zero-order valence-electron chi connectivity index (χ0n) is 10.7. The first kappa shape index (κ1) is 11.9. The summed E-state index contributed by atoms with van der Waals surface area (Å²) in [7, 11) is 1.66. The van der Waals surface area contributed by atoms with E-state index in [-0.39, 0.29) is 0 Å². The average molecular weight is 271 g/mol. The Hall–Kier alpha value is -2.14. The fourth-order valence-corrected chi connectivity index (χ4v) is 2.48. The van der Waals surface area contributed by atoms with E-state index in [1.54, 1.807) is 19.5 Å². The van der Waals surface area contributed by atoms with Gasteiger partial charge >= 0.3 is 0 Å². The van der Waals surface area contributed by atoms with Crippen molar-refractivity contribution in [3.8, 4) is 11.4 Å². The summed E-state index contributed by atoms with van der Waals surface area (Å²) in [4.78, 5) is 7.26. The number of aromatic amines is 1. The summed E-state index contributed by atoms with van der Waals surface area (Å²) < 4.78 is 8.03. The lowest BCUT2D eigenvalue weighted by atomic mass is 10.2. The Morgan fingerprint density at radius 3 is 2.95 bits per heavy atom. The SMILES string of the molecule is COc1ccc(C)cc1-n1c(=S)[nH]c2cnccc21. The van der Waals surface area contributed by atoms with Gasteiger partial charge in [-0.3, -0.25) is 9.55 Å². The van der Waals surface area contributed by atoms with E-state index in [0.29, 0.717) is 4.77 Å². The summed E-state index contributed by atoms with van der Waals surface area (Å²) >= 11 is 5.41. The summed E-state index contributed by atoms with van der Waals surface area (Å²) in [6, 6.07) is 7.96. The van der Waals surface area contributed by atoms with Gasteiger partial charge < -0.3 is 9.72 Å². The first-order valence-electron chi connectivity index (χ1n) is 5.90. The van der Waals surface area contributed by atoms with Crippen LogP contribution in [0.2, 0.25) is 0 Å². The molecule has 1 aromatic carbocycles. The van der Waals surface area contributed by atoms with E-state index in [1.807, 2.05) is 29.7 Å². The van der Waals surface area contributed by atoms with E-state index in [2.05, 4.69) is 16.0 Å². The number of ether oxygens (including phenoxy) is 1. The van der Waals surface area contributed by atoms with Gasteiger partial charge in [0.2, 0.25) is 0 Å². The lowest BCUT2D eigenvalue weighted by Gasteiger charge is -2.11. The van der Waals surface area contributed by atoms with Gasteiger partial charge in [0.15, 0.2) is 4.77 Å². The van der Waals surface area contributed by atoms with Crippen molar-refractivity contribution >= 4 is 23.3 Å². The Labute approximate surface area is 115 Å². The van der Waals surface area contributed by atoms with Crippen molar-refractivity contribution in [3.63, 3.8) is 0 Å². The van der Waals surface area contributed by atoms with Crippen LogP contribution in [-0.2, 0) is 0 Å². The van der Waals surface area contributed by atoms with Crippen molar-refractivity contribution in [2.24, 2.45) is 0 Å². The largest absolute Gasteiger partial charge is 0.495 e. The molecule has 4 nitrogen and oxygen atoms in total. The molecule has 0 aliphatic rings. The number of fused-ring (bicyclic) bond motifs is 1. The number of pyridine rings is 1. The molecule has 0 aliphatic carbocycles. The number of nitrogens with zero attached hydrogens (tertiary/aromatic N) is 2. The van der Waals surface area contributed by atoms with Gasteiger partial charge in [0.1, 0.15) is 5.75 Å². The number of H-pyrrole nitrogens is 1. The second kappa shape index (κ2) is 4.51. The molecule has 19 heavy (non-hydrogen) atoms. The number of nitrogens with one attached hydrogen (secondary N) is 1. The first-order chi connectivity index (χ1) is 9.20. The predicted molar refractivity (Wildman–Crippen MR) is 77.5 cm³/mol. The van der Waals surface area contributed by atoms with Crippen LogP contribution < -0.4 is 4.74 Å². The smallest absolute Gasteiger partial charge is 0.182 e. The standard InChI is InChI=1S/C14H13N3OS/c1-9-3-4-13(18-2)12(7-9)17-11-5-6-15-8-10(11)16-14(17)19/h3-8H,1-2H3,(H,16,19). The highest BCUT2D eigenvalue weighted by Gasteiger charge is 2.11. The van der Waals surface area contributed by atoms with E-state index in [1.165, 1.54) is 0 Å². The number of methoxy groups -OCH3 is 1. The average Bonchev–Trinajstić information content (AvgIpc) is 2.74. The van der Waals surface area contributed by atoms with Gasteiger partial charge in [-0.25, -0.2) is 0 Å². The molecule has 5 heteroatoms. The lowest BCUT2D eigenvalue weighted by Crippen LogP contribution is -1.98. The predicted octanol–water partition coefficient (Wildman–Crippen LogP) is 3.40. The normalized spacial score (nSPS) is 10.8. The van der Waals surface area contributed by atoms with Crippen molar-refractivity contribution in [2.45, 2.75) is 6.92 Å². The Balaban J connectivity index is 2.39. The molecule has 3 aromatic rings. The van der Waals surface area contributed by atoms with Crippen LogP contribution >= 0.6 is 12.2 Å². The van der Waals surface area contributed by atoms with Crippen molar-refractivity contribution < 1.29 is 4.74 Å². The van der Waals surface area contributed by atoms with Crippen LogP contribution in [0.3, 0.4) is 0 Å². The molecular formula is C14H13N3OS. The van der Waals surface area contributed by atoms with Gasteiger partial charge in [0, 0.05) is 6.20 Å². The van der Waals surface area contributed by atoms with Crippen LogP contribution in [-0.4, -0.2) is 21.6 Å². The quantitative estimate of drug-likeness (QED) is 0.726. The highest BCUT2D eigenvalue weighted by molar-refractivity contribution is 7.71. The fraction of sp³-hybridized carbons (Fsp3) is 0.143. The van der Waals surface area contributed by atoms with Gasteiger partial charge in [-0.2, -0.15) is 0 Å². The molecule has 0 saturated heterocycles. The van der Waals surface area contributed by atoms with Crippen LogP contribution in [0.4, 0.5) is 0 Å². The molecule has 2 heterocycles. The van der Waals surface area contributed by atoms with Crippen molar-refractivity contribution in [1.82, 2.24) is 14.5 Å². The minimum atomic E-state index is 0.631. The molecule has 0 atom stereocenters. The molecule has 0 unspecified atom stereocenters. The second-order valence-electron chi connectivity index (χ2n) is 4.33. The summed E-state index contributed by atoms with van der Waals surface area (Å²) in [5.41, 5.74) is 3.99. The molecule has 0 saturated carbocycles. The van der Waals surface area contributed by atoms with E-state index in [9.17, 15) is 0 Å². The van der Waals surface area contributed by atoms with Gasteiger partial charge in [-0.05, 0) is 42.9 Å². The highest BCUT2D eigenvalue weighted by Crippen LogP contribution is 2.27. The van der Waals surface area contributed by atoms with Crippen molar-refractivity contribution in [3.05, 3.63) is 47.0 Å². The summed E-state index contributed by atoms with van der Waals surface area (Å²) in [5.74, 6) is 0.791. The van der Waals surface area contributed by atoms with Crippen LogP contribution in [0.1, 0.15) is 5.56 Å². The van der Waals surface area contributed by atoms with Gasteiger partial charge in [0.25, 0.3) is 0 Å². The Kier molecular flexibility index (Phi) is 2.83. The fourth-order valence-electron chi connectivity index (χ4n) is 2.17. The third-order valence-corrected chi connectivity index (χ3v) is 3.34. The maximum Gasteiger partial charge on any atom is 0.182 e. The van der Waals surface area contributed by atoms with Crippen molar-refractivity contribution in [1.29, 1.82) is 0 Å². The van der Waals surface area contributed by atoms with Crippen LogP contribution in [0.5, 0.6) is 5.75 Å². The molecule has 0 amide bonds. The number of aryl methyl sites for hydroxylation is 1. The molecule has 2 aromatic heterocycles. The zero-order valence-corrected chi connectivity index (χ0v) is 11.5. The highest BCUT2D eigenvalue weighted by atomic mass is 32.1. The lowest BCUT2D eigenvalue weighted by molar-refractivity contribution is 0.413. The summed E-state index contributed by atoms with van der Waals surface area (Å²) in [6.45, 7) is 2.04. The Morgan fingerprint density at radius 1 is 1.32 bits per heavy atom. The molecule has 96 valence electrons. The summed E-state index contributed by atoms with van der Waals surface area (Å²) in [5, 5.41) is 0. The maximum atomic E-state index is 5.43. The number of hydrogen-bond donors (Lipinski definition) is 1. The van der Waals surface area contributed by atoms with E-state index < -0.39 is 0 Å². The van der Waals surface area contributed by atoms with E-state index in [4.69, 9.17) is 17.0 Å². The van der Waals surface area contributed by atoms with E-state index in [0.717, 1.165) is 28.0 Å². The minimum absolute atomic E-state index is 0.631. The topological polar surface area (TPSA) is 42.8 Å². The summed E-state index contributed by atoms with van der Waals surface area (Å²) in [6.07, 6.45) is 3.52. The third-order valence-electron chi connectivity index (χ3n) is 3.06. The molecule has 0 bridgehead atoms.